The Balaban J connectivity index is 1.98. The van der Waals surface area contributed by atoms with Crippen LogP contribution in [0, 0.1) is 5.41 Å². The monoisotopic (exact) mass is 232 g/mol. The van der Waals surface area contributed by atoms with E-state index in [4.69, 9.17) is 5.73 Å². The number of hydrogen-bond donors (Lipinski definition) is 2. The molecule has 0 unspecified atom stereocenters. The predicted molar refractivity (Wildman–Crippen MR) is 68.5 cm³/mol. The number of nitrogens with one attached hydrogen (secondary N) is 1. The minimum atomic E-state index is -0.162. The summed E-state index contributed by atoms with van der Waals surface area (Å²) in [4.78, 5) is 12.1. The maximum Gasteiger partial charge on any atom is 0.226 e. The SMILES string of the molecule is C[C@@H](CN)NC(=O)C1(Cc2ccccc2)CC1. The maximum atomic E-state index is 12.1. The minimum Gasteiger partial charge on any atom is -0.352 e. The molecule has 0 heterocycles. The van der Waals surface area contributed by atoms with Crippen LogP contribution in [0.1, 0.15) is 25.3 Å². The Kier molecular flexibility index (Phi) is 3.48. The molecule has 17 heavy (non-hydrogen) atoms. The van der Waals surface area contributed by atoms with Crippen molar-refractivity contribution in [2.24, 2.45) is 11.1 Å². The summed E-state index contributed by atoms with van der Waals surface area (Å²) in [5, 5.41) is 2.99. The van der Waals surface area contributed by atoms with Crippen molar-refractivity contribution in [3.8, 4) is 0 Å². The van der Waals surface area contributed by atoms with Gasteiger partial charge >= 0.3 is 0 Å². The third-order valence-corrected chi connectivity index (χ3v) is 3.45. The van der Waals surface area contributed by atoms with Gasteiger partial charge in [0.1, 0.15) is 0 Å². The molecular weight excluding hydrogens is 212 g/mol. The summed E-state index contributed by atoms with van der Waals surface area (Å²) in [6, 6.07) is 10.3. The van der Waals surface area contributed by atoms with E-state index in [1.165, 1.54) is 5.56 Å². The Labute approximate surface area is 102 Å². The fraction of sp³-hybridized carbons (Fsp3) is 0.500. The van der Waals surface area contributed by atoms with Crippen LogP contribution in [-0.2, 0) is 11.2 Å². The fourth-order valence-corrected chi connectivity index (χ4v) is 2.06. The second kappa shape index (κ2) is 4.88. The van der Waals surface area contributed by atoms with Crippen molar-refractivity contribution < 1.29 is 4.79 Å². The van der Waals surface area contributed by atoms with E-state index in [0.717, 1.165) is 19.3 Å². The van der Waals surface area contributed by atoms with E-state index >= 15 is 0 Å². The van der Waals surface area contributed by atoms with E-state index < -0.39 is 0 Å². The first-order valence-electron chi connectivity index (χ1n) is 6.21. The molecule has 3 N–H and O–H groups in total. The molecule has 1 aliphatic carbocycles. The topological polar surface area (TPSA) is 55.1 Å². The van der Waals surface area contributed by atoms with Crippen molar-refractivity contribution in [1.29, 1.82) is 0 Å². The molecule has 92 valence electrons. The molecular formula is C14H20N2O. The molecule has 1 aromatic carbocycles. The lowest BCUT2D eigenvalue weighted by molar-refractivity contribution is -0.126. The zero-order valence-electron chi connectivity index (χ0n) is 10.3. The molecule has 1 aliphatic rings. The van der Waals surface area contributed by atoms with Crippen LogP contribution in [0.3, 0.4) is 0 Å². The highest BCUT2D eigenvalue weighted by Crippen LogP contribution is 2.48. The fourth-order valence-electron chi connectivity index (χ4n) is 2.06. The molecule has 1 fully saturated rings. The summed E-state index contributed by atoms with van der Waals surface area (Å²) in [5.41, 5.74) is 6.60. The number of hydrogen-bond acceptors (Lipinski definition) is 2. The number of rotatable bonds is 5. The Morgan fingerprint density at radius 2 is 2.06 bits per heavy atom. The molecule has 0 radical (unpaired) electrons. The zero-order valence-corrected chi connectivity index (χ0v) is 10.3. The van der Waals surface area contributed by atoms with Gasteiger partial charge < -0.3 is 11.1 Å². The van der Waals surface area contributed by atoms with Gasteiger partial charge in [-0.2, -0.15) is 0 Å². The van der Waals surface area contributed by atoms with Crippen LogP contribution in [0.5, 0.6) is 0 Å². The lowest BCUT2D eigenvalue weighted by Gasteiger charge is -2.18. The first kappa shape index (κ1) is 12.1. The molecule has 0 aliphatic heterocycles. The Hall–Kier alpha value is -1.35. The molecule has 3 heteroatoms. The number of carbonyl (C=O) groups is 1. The van der Waals surface area contributed by atoms with Crippen LogP contribution in [0.15, 0.2) is 30.3 Å². The molecule has 0 saturated heterocycles. The average Bonchev–Trinajstić information content (AvgIpc) is 3.11. The number of amides is 1. The van der Waals surface area contributed by atoms with Gasteiger partial charge in [-0.3, -0.25) is 4.79 Å². The molecule has 1 aromatic rings. The number of carbonyl (C=O) groups excluding carboxylic acids is 1. The quantitative estimate of drug-likeness (QED) is 0.807. The van der Waals surface area contributed by atoms with Crippen molar-refractivity contribution >= 4 is 5.91 Å². The first-order chi connectivity index (χ1) is 8.16. The van der Waals surface area contributed by atoms with Gasteiger partial charge in [-0.25, -0.2) is 0 Å². The van der Waals surface area contributed by atoms with Crippen LogP contribution < -0.4 is 11.1 Å². The Morgan fingerprint density at radius 3 is 2.59 bits per heavy atom. The van der Waals surface area contributed by atoms with Crippen LogP contribution in [0.2, 0.25) is 0 Å². The second-order valence-electron chi connectivity index (χ2n) is 5.05. The van der Waals surface area contributed by atoms with E-state index in [2.05, 4.69) is 17.4 Å². The molecule has 0 bridgehead atoms. The lowest BCUT2D eigenvalue weighted by atomic mass is 9.95. The van der Waals surface area contributed by atoms with Crippen LogP contribution >= 0.6 is 0 Å². The van der Waals surface area contributed by atoms with Crippen LogP contribution in [0.4, 0.5) is 0 Å². The Morgan fingerprint density at radius 1 is 1.41 bits per heavy atom. The second-order valence-corrected chi connectivity index (χ2v) is 5.05. The van der Waals surface area contributed by atoms with Crippen molar-refractivity contribution in [2.45, 2.75) is 32.2 Å². The lowest BCUT2D eigenvalue weighted by Crippen LogP contribution is -2.42. The summed E-state index contributed by atoms with van der Waals surface area (Å²) in [7, 11) is 0. The molecule has 0 spiro atoms. The Bertz CT molecular complexity index is 384. The maximum absolute atomic E-state index is 12.1. The van der Waals surface area contributed by atoms with Crippen molar-refractivity contribution in [1.82, 2.24) is 5.32 Å². The largest absolute Gasteiger partial charge is 0.352 e. The summed E-state index contributed by atoms with van der Waals surface area (Å²) in [6.07, 6.45) is 2.83. The van der Waals surface area contributed by atoms with E-state index in [1.54, 1.807) is 0 Å². The third kappa shape index (κ3) is 2.86. The summed E-state index contributed by atoms with van der Waals surface area (Å²) >= 11 is 0. The number of nitrogens with two attached hydrogens (primary N) is 1. The highest BCUT2D eigenvalue weighted by atomic mass is 16.2. The standard InChI is InChI=1S/C14H20N2O/c1-11(10-15)16-13(17)14(7-8-14)9-12-5-3-2-4-6-12/h2-6,11H,7-10,15H2,1H3,(H,16,17)/t11-/m0/s1. The van der Waals surface area contributed by atoms with Crippen molar-refractivity contribution in [2.75, 3.05) is 6.54 Å². The van der Waals surface area contributed by atoms with Crippen molar-refractivity contribution in [3.05, 3.63) is 35.9 Å². The van der Waals surface area contributed by atoms with Crippen LogP contribution in [-0.4, -0.2) is 18.5 Å². The molecule has 1 atom stereocenters. The highest BCUT2D eigenvalue weighted by molar-refractivity contribution is 5.85. The van der Waals surface area contributed by atoms with Gasteiger partial charge in [0.05, 0.1) is 5.41 Å². The molecule has 0 aromatic heterocycles. The minimum absolute atomic E-state index is 0.0655. The van der Waals surface area contributed by atoms with Gasteiger partial charge in [-0.15, -0.1) is 0 Å². The van der Waals surface area contributed by atoms with E-state index in [9.17, 15) is 4.79 Å². The van der Waals surface area contributed by atoms with Crippen molar-refractivity contribution in [3.63, 3.8) is 0 Å². The van der Waals surface area contributed by atoms with Gasteiger partial charge in [-0.05, 0) is 31.7 Å². The number of benzene rings is 1. The average molecular weight is 232 g/mol. The summed E-state index contributed by atoms with van der Waals surface area (Å²) < 4.78 is 0. The van der Waals surface area contributed by atoms with Gasteiger partial charge in [0.25, 0.3) is 0 Å². The van der Waals surface area contributed by atoms with E-state index in [1.807, 2.05) is 25.1 Å². The zero-order chi connectivity index (χ0) is 12.3. The third-order valence-electron chi connectivity index (χ3n) is 3.45. The summed E-state index contributed by atoms with van der Waals surface area (Å²) in [5.74, 6) is 0.166. The smallest absolute Gasteiger partial charge is 0.226 e. The first-order valence-corrected chi connectivity index (χ1v) is 6.21. The van der Waals surface area contributed by atoms with Crippen LogP contribution in [0.25, 0.3) is 0 Å². The normalized spacial score (nSPS) is 18.5. The molecule has 1 saturated carbocycles. The van der Waals surface area contributed by atoms with Gasteiger partial charge in [-0.1, -0.05) is 30.3 Å². The molecule has 3 nitrogen and oxygen atoms in total. The van der Waals surface area contributed by atoms with E-state index in [0.29, 0.717) is 6.54 Å². The highest BCUT2D eigenvalue weighted by Gasteiger charge is 2.49. The van der Waals surface area contributed by atoms with Gasteiger partial charge in [0.2, 0.25) is 5.91 Å². The van der Waals surface area contributed by atoms with Gasteiger partial charge in [0, 0.05) is 12.6 Å². The van der Waals surface area contributed by atoms with Gasteiger partial charge in [0.15, 0.2) is 0 Å². The van der Waals surface area contributed by atoms with E-state index in [-0.39, 0.29) is 17.4 Å². The molecule has 1 amide bonds. The predicted octanol–water partition coefficient (Wildman–Crippen LogP) is 1.47. The summed E-state index contributed by atoms with van der Waals surface area (Å²) in [6.45, 7) is 2.43. The molecule has 2 rings (SSSR count).